The smallest absolute Gasteiger partial charge is 0.444 e. The van der Waals surface area contributed by atoms with Crippen LogP contribution in [0.3, 0.4) is 0 Å². The van der Waals surface area contributed by atoms with Crippen molar-refractivity contribution in [1.29, 1.82) is 0 Å². The van der Waals surface area contributed by atoms with E-state index in [4.69, 9.17) is 14.0 Å². The summed E-state index contributed by atoms with van der Waals surface area (Å²) in [5, 5.41) is 3.31. The lowest BCUT2D eigenvalue weighted by atomic mass is 9.15. The first-order valence-electron chi connectivity index (χ1n) is 14.9. The summed E-state index contributed by atoms with van der Waals surface area (Å²) in [6.07, 6.45) is 6.12. The first-order chi connectivity index (χ1) is 18.3. The number of ether oxygens (including phenoxy) is 1. The van der Waals surface area contributed by atoms with Crippen LogP contribution in [0.15, 0.2) is 30.3 Å². The van der Waals surface area contributed by atoms with Crippen LogP contribution in [-0.2, 0) is 25.3 Å². The molecule has 0 aromatic heterocycles. The number of benzene rings is 1. The number of nitrogens with zero attached hydrogens (tertiary/aromatic N) is 1. The highest BCUT2D eigenvalue weighted by Gasteiger charge is 2.91. The van der Waals surface area contributed by atoms with Crippen molar-refractivity contribution in [2.75, 3.05) is 13.1 Å². The normalized spacial score (nSPS) is 36.8. The van der Waals surface area contributed by atoms with Crippen LogP contribution in [0.5, 0.6) is 0 Å². The Balaban J connectivity index is 1.13. The van der Waals surface area contributed by atoms with Crippen LogP contribution in [0.1, 0.15) is 85.6 Å². The summed E-state index contributed by atoms with van der Waals surface area (Å²) in [7, 11) is -0.476. The number of carbonyl (C=O) groups excluding carboxylic acids is 2. The second kappa shape index (κ2) is 8.97. The molecule has 2 saturated heterocycles. The van der Waals surface area contributed by atoms with Crippen molar-refractivity contribution in [3.8, 4) is 0 Å². The molecule has 4 atom stereocenters. The Morgan fingerprint density at radius 1 is 1.18 bits per heavy atom. The summed E-state index contributed by atoms with van der Waals surface area (Å²) in [4.78, 5) is 27.8. The van der Waals surface area contributed by atoms with Crippen molar-refractivity contribution in [2.24, 2.45) is 22.2 Å². The number of piperidine rings is 1. The summed E-state index contributed by atoms with van der Waals surface area (Å²) in [5.74, 6) is -0.184. The van der Waals surface area contributed by atoms with Crippen molar-refractivity contribution in [3.63, 3.8) is 0 Å². The molecule has 39 heavy (non-hydrogen) atoms. The van der Waals surface area contributed by atoms with Gasteiger partial charge in [-0.15, -0.1) is 0 Å². The van der Waals surface area contributed by atoms with Gasteiger partial charge >= 0.3 is 13.2 Å². The van der Waals surface area contributed by atoms with Crippen LogP contribution in [0.2, 0.25) is 0 Å². The number of rotatable bonds is 6. The minimum absolute atomic E-state index is 0.00937. The molecule has 2 heterocycles. The highest BCUT2D eigenvalue weighted by atomic mass is 16.7. The lowest BCUT2D eigenvalue weighted by molar-refractivity contribution is -0.434. The molecule has 212 valence electrons. The van der Waals surface area contributed by atoms with Gasteiger partial charge in [0, 0.05) is 24.9 Å². The number of hydrogen-bond donors (Lipinski definition) is 1. The van der Waals surface area contributed by atoms with Gasteiger partial charge in [0.05, 0.1) is 17.6 Å². The molecule has 8 fully saturated rings. The minimum atomic E-state index is -0.531. The fourth-order valence-electron chi connectivity index (χ4n) is 8.82. The van der Waals surface area contributed by atoms with E-state index in [0.717, 1.165) is 24.8 Å². The van der Waals surface area contributed by atoms with Gasteiger partial charge < -0.3 is 24.3 Å². The lowest BCUT2D eigenvalue weighted by Gasteiger charge is -2.90. The van der Waals surface area contributed by atoms with Gasteiger partial charge in [-0.1, -0.05) is 44.2 Å². The van der Waals surface area contributed by atoms with Gasteiger partial charge in [0.15, 0.2) is 0 Å². The Labute approximate surface area is 233 Å². The monoisotopic (exact) mass is 536 g/mol. The quantitative estimate of drug-likeness (QED) is 0.509. The molecule has 2 aliphatic heterocycles. The Kier molecular flexibility index (Phi) is 6.24. The predicted octanol–water partition coefficient (Wildman–Crippen LogP) is 5.16. The van der Waals surface area contributed by atoms with Gasteiger partial charge in [-0.2, -0.15) is 0 Å². The van der Waals surface area contributed by atoms with Crippen LogP contribution in [-0.4, -0.2) is 60.4 Å². The van der Waals surface area contributed by atoms with E-state index >= 15 is 0 Å². The third kappa shape index (κ3) is 4.15. The van der Waals surface area contributed by atoms with Crippen molar-refractivity contribution >= 4 is 19.1 Å². The molecule has 1 N–H and O–H groups in total. The number of hydrogen-bond acceptors (Lipinski definition) is 5. The predicted molar refractivity (Wildman–Crippen MR) is 150 cm³/mol. The summed E-state index contributed by atoms with van der Waals surface area (Å²) >= 11 is 0. The van der Waals surface area contributed by atoms with E-state index in [1.807, 2.05) is 39.0 Å². The SMILES string of the molecule is CC(C)(C)OC(=O)N1CCC[C@@H](CC(=O)N[C@@H](Cc2ccccc2)B2O[C@@H]3CC45CC(C4)(C5(C)C)[C@]3(C)O2)C1. The third-order valence-electron chi connectivity index (χ3n) is 11.2. The van der Waals surface area contributed by atoms with Crippen molar-refractivity contribution < 1.29 is 23.6 Å². The molecule has 1 aromatic carbocycles. The van der Waals surface area contributed by atoms with Gasteiger partial charge in [0.2, 0.25) is 5.91 Å². The fraction of sp³-hybridized carbons (Fsp3) is 0.742. The largest absolute Gasteiger partial charge is 0.482 e. The zero-order chi connectivity index (χ0) is 27.8. The van der Waals surface area contributed by atoms with Gasteiger partial charge in [-0.05, 0) is 88.5 Å². The molecular weight excluding hydrogens is 491 g/mol. The first-order valence-corrected chi connectivity index (χ1v) is 14.9. The first kappa shape index (κ1) is 27.1. The zero-order valence-electron chi connectivity index (χ0n) is 24.5. The molecule has 8 aliphatic rings. The lowest BCUT2D eigenvalue weighted by Crippen LogP contribution is -2.88. The molecule has 9 rings (SSSR count). The molecule has 0 spiro atoms. The minimum Gasteiger partial charge on any atom is -0.444 e. The summed E-state index contributed by atoms with van der Waals surface area (Å²) in [5.41, 5.74) is 1.15. The van der Waals surface area contributed by atoms with E-state index in [-0.39, 0.29) is 46.4 Å². The van der Waals surface area contributed by atoms with Crippen molar-refractivity contribution in [1.82, 2.24) is 10.2 Å². The summed E-state index contributed by atoms with van der Waals surface area (Å²) in [6, 6.07) is 10.3. The maximum Gasteiger partial charge on any atom is 0.482 e. The Bertz CT molecular complexity index is 1130. The van der Waals surface area contributed by atoms with Crippen molar-refractivity contribution in [2.45, 2.75) is 110 Å². The third-order valence-corrected chi connectivity index (χ3v) is 11.2. The number of likely N-dealkylation sites (tertiary alicyclic amines) is 1. The van der Waals surface area contributed by atoms with Crippen LogP contribution in [0.25, 0.3) is 0 Å². The van der Waals surface area contributed by atoms with E-state index in [0.29, 0.717) is 31.3 Å². The zero-order valence-corrected chi connectivity index (χ0v) is 24.5. The molecule has 2 bridgehead atoms. The van der Waals surface area contributed by atoms with Gasteiger partial charge in [-0.3, -0.25) is 4.79 Å². The molecule has 6 aliphatic carbocycles. The summed E-state index contributed by atoms with van der Waals surface area (Å²) in [6.45, 7) is 13.9. The second-order valence-electron chi connectivity index (χ2n) is 14.8. The van der Waals surface area contributed by atoms with E-state index < -0.39 is 12.7 Å². The van der Waals surface area contributed by atoms with Gasteiger partial charge in [0.1, 0.15) is 5.60 Å². The fourth-order valence-corrected chi connectivity index (χ4v) is 8.82. The molecule has 6 saturated carbocycles. The number of carbonyl (C=O) groups is 2. The van der Waals surface area contributed by atoms with E-state index in [9.17, 15) is 9.59 Å². The van der Waals surface area contributed by atoms with Crippen molar-refractivity contribution in [3.05, 3.63) is 35.9 Å². The average Bonchev–Trinajstić information content (AvgIpc) is 3.21. The molecular formula is C31H45BN2O5. The maximum atomic E-state index is 13.5. The Morgan fingerprint density at radius 2 is 1.90 bits per heavy atom. The number of amides is 2. The highest BCUT2D eigenvalue weighted by Crippen LogP contribution is 2.92. The molecule has 2 amide bonds. The Morgan fingerprint density at radius 3 is 2.56 bits per heavy atom. The molecule has 1 aromatic rings. The Hall–Kier alpha value is -2.06. The van der Waals surface area contributed by atoms with E-state index in [1.54, 1.807) is 4.90 Å². The van der Waals surface area contributed by atoms with E-state index in [1.165, 1.54) is 12.8 Å². The van der Waals surface area contributed by atoms with Crippen LogP contribution >= 0.6 is 0 Å². The molecule has 8 heteroatoms. The maximum absolute atomic E-state index is 13.5. The molecule has 0 unspecified atom stereocenters. The molecule has 7 nitrogen and oxygen atoms in total. The van der Waals surface area contributed by atoms with E-state index in [2.05, 4.69) is 38.2 Å². The number of nitrogens with one attached hydrogen (secondary N) is 1. The van der Waals surface area contributed by atoms with Crippen LogP contribution in [0.4, 0.5) is 4.79 Å². The van der Waals surface area contributed by atoms with Crippen LogP contribution in [0, 0.1) is 22.2 Å². The van der Waals surface area contributed by atoms with Gasteiger partial charge in [-0.25, -0.2) is 4.79 Å². The van der Waals surface area contributed by atoms with Crippen LogP contribution < -0.4 is 5.32 Å². The topological polar surface area (TPSA) is 77.1 Å². The molecule has 0 radical (unpaired) electrons. The standard InChI is InChI=1S/C31H45BN2O5/c1-27(2,3)37-26(36)34-14-10-13-22(18-34)16-25(35)33-24(15-21-11-8-7-9-12-21)32-38-23-17-30-19-31(20-30,28(30,4)5)29(23,6)39-32/h7-9,11-12,22-24H,10,13-20H2,1-6H3,(H,33,35)/t22-,23+,24-,29+,30?,31?/m0/s1. The highest BCUT2D eigenvalue weighted by molar-refractivity contribution is 6.48. The summed E-state index contributed by atoms with van der Waals surface area (Å²) < 4.78 is 19.1. The second-order valence-corrected chi connectivity index (χ2v) is 14.8. The average molecular weight is 537 g/mol. The van der Waals surface area contributed by atoms with Gasteiger partial charge in [0.25, 0.3) is 0 Å².